The fraction of sp³-hybridized carbons (Fsp3) is 0.318. The van der Waals surface area contributed by atoms with Crippen molar-refractivity contribution in [3.63, 3.8) is 0 Å². The van der Waals surface area contributed by atoms with E-state index < -0.39 is 0 Å². The Balaban J connectivity index is 1.49. The monoisotopic (exact) mass is 411 g/mol. The number of halogens is 2. The standard InChI is InChI=1S/C22H23ClFN5/c23-19-14-27-22(28-18-4-2-1-3-5-18)29-21(19)16-10-11-25-20(12-16)26-13-15-6-8-17(24)9-7-15/h6-12,14,18H,1-5,13H2,(H,25,26)(H,27,28,29). The first-order valence-corrected chi connectivity index (χ1v) is 10.3. The Morgan fingerprint density at radius 2 is 1.83 bits per heavy atom. The molecule has 0 radical (unpaired) electrons. The van der Waals surface area contributed by atoms with Gasteiger partial charge in [-0.3, -0.25) is 0 Å². The molecule has 1 aliphatic carbocycles. The number of hydrogen-bond acceptors (Lipinski definition) is 5. The second-order valence-corrected chi connectivity index (χ2v) is 7.69. The molecule has 0 bridgehead atoms. The summed E-state index contributed by atoms with van der Waals surface area (Å²) in [6.07, 6.45) is 9.44. The second-order valence-electron chi connectivity index (χ2n) is 7.28. The van der Waals surface area contributed by atoms with Gasteiger partial charge in [0.2, 0.25) is 5.95 Å². The van der Waals surface area contributed by atoms with E-state index in [4.69, 9.17) is 11.6 Å². The highest BCUT2D eigenvalue weighted by molar-refractivity contribution is 6.32. The molecule has 3 aromatic rings. The van der Waals surface area contributed by atoms with Gasteiger partial charge in [0, 0.05) is 24.3 Å². The summed E-state index contributed by atoms with van der Waals surface area (Å²) in [5, 5.41) is 7.19. The Labute approximate surface area is 174 Å². The predicted molar refractivity (Wildman–Crippen MR) is 114 cm³/mol. The van der Waals surface area contributed by atoms with E-state index in [1.807, 2.05) is 12.1 Å². The molecule has 0 unspecified atom stereocenters. The molecular formula is C22H23ClFN5. The maximum Gasteiger partial charge on any atom is 0.223 e. The molecule has 0 amide bonds. The Morgan fingerprint density at radius 1 is 1.03 bits per heavy atom. The molecule has 1 aliphatic rings. The number of benzene rings is 1. The zero-order valence-corrected chi connectivity index (χ0v) is 16.8. The molecule has 2 N–H and O–H groups in total. The largest absolute Gasteiger partial charge is 0.366 e. The normalized spacial score (nSPS) is 14.6. The summed E-state index contributed by atoms with van der Waals surface area (Å²) in [5.41, 5.74) is 2.51. The van der Waals surface area contributed by atoms with Gasteiger partial charge in [0.05, 0.1) is 16.9 Å². The molecule has 1 aromatic carbocycles. The summed E-state index contributed by atoms with van der Waals surface area (Å²) < 4.78 is 13.0. The van der Waals surface area contributed by atoms with E-state index >= 15 is 0 Å². The van der Waals surface area contributed by atoms with Crippen molar-refractivity contribution in [2.75, 3.05) is 10.6 Å². The van der Waals surface area contributed by atoms with Gasteiger partial charge in [0.15, 0.2) is 0 Å². The van der Waals surface area contributed by atoms with Crippen LogP contribution in [0.3, 0.4) is 0 Å². The van der Waals surface area contributed by atoms with Crippen LogP contribution in [0.1, 0.15) is 37.7 Å². The molecule has 0 saturated heterocycles. The Morgan fingerprint density at radius 3 is 2.62 bits per heavy atom. The van der Waals surface area contributed by atoms with E-state index in [-0.39, 0.29) is 5.82 Å². The van der Waals surface area contributed by atoms with E-state index in [9.17, 15) is 4.39 Å². The van der Waals surface area contributed by atoms with Crippen LogP contribution in [-0.4, -0.2) is 21.0 Å². The lowest BCUT2D eigenvalue weighted by Gasteiger charge is -2.22. The van der Waals surface area contributed by atoms with Gasteiger partial charge in [0.1, 0.15) is 11.6 Å². The first-order chi connectivity index (χ1) is 14.2. The van der Waals surface area contributed by atoms with Crippen molar-refractivity contribution in [3.8, 4) is 11.3 Å². The highest BCUT2D eigenvalue weighted by atomic mass is 35.5. The van der Waals surface area contributed by atoms with Crippen molar-refractivity contribution in [3.05, 3.63) is 65.2 Å². The fourth-order valence-corrected chi connectivity index (χ4v) is 3.74. The fourth-order valence-electron chi connectivity index (χ4n) is 3.54. The van der Waals surface area contributed by atoms with E-state index in [0.29, 0.717) is 35.1 Å². The summed E-state index contributed by atoms with van der Waals surface area (Å²) in [6.45, 7) is 0.544. The Kier molecular flexibility index (Phi) is 6.20. The van der Waals surface area contributed by atoms with Gasteiger partial charge in [-0.05, 0) is 42.7 Å². The Bertz CT molecular complexity index is 958. The van der Waals surface area contributed by atoms with Gasteiger partial charge >= 0.3 is 0 Å². The van der Waals surface area contributed by atoms with Gasteiger partial charge < -0.3 is 10.6 Å². The highest BCUT2D eigenvalue weighted by Gasteiger charge is 2.16. The number of rotatable bonds is 6. The molecule has 29 heavy (non-hydrogen) atoms. The average molecular weight is 412 g/mol. The molecule has 5 nitrogen and oxygen atoms in total. The van der Waals surface area contributed by atoms with Crippen molar-refractivity contribution in [2.45, 2.75) is 44.7 Å². The maximum atomic E-state index is 13.0. The number of pyridine rings is 1. The van der Waals surface area contributed by atoms with E-state index in [1.54, 1.807) is 24.5 Å². The quantitative estimate of drug-likeness (QED) is 0.545. The third-order valence-corrected chi connectivity index (χ3v) is 5.38. The van der Waals surface area contributed by atoms with Crippen LogP contribution in [0.5, 0.6) is 0 Å². The van der Waals surface area contributed by atoms with Crippen LogP contribution in [0, 0.1) is 5.82 Å². The number of anilines is 2. The number of aromatic nitrogens is 3. The SMILES string of the molecule is Fc1ccc(CNc2cc(-c3nc(NC4CCCCC4)ncc3Cl)ccn2)cc1. The molecule has 1 saturated carbocycles. The molecule has 150 valence electrons. The van der Waals surface area contributed by atoms with Crippen molar-refractivity contribution in [1.82, 2.24) is 15.0 Å². The van der Waals surface area contributed by atoms with Crippen LogP contribution in [0.2, 0.25) is 5.02 Å². The van der Waals surface area contributed by atoms with Crippen molar-refractivity contribution in [1.29, 1.82) is 0 Å². The lowest BCUT2D eigenvalue weighted by molar-refractivity contribution is 0.461. The van der Waals surface area contributed by atoms with Crippen molar-refractivity contribution < 1.29 is 4.39 Å². The molecule has 0 aliphatic heterocycles. The lowest BCUT2D eigenvalue weighted by atomic mass is 9.96. The van der Waals surface area contributed by atoms with Crippen LogP contribution < -0.4 is 10.6 Å². The minimum absolute atomic E-state index is 0.245. The summed E-state index contributed by atoms with van der Waals surface area (Å²) in [7, 11) is 0. The highest BCUT2D eigenvalue weighted by Crippen LogP contribution is 2.28. The van der Waals surface area contributed by atoms with Gasteiger partial charge in [-0.15, -0.1) is 0 Å². The van der Waals surface area contributed by atoms with Crippen LogP contribution in [0.15, 0.2) is 48.8 Å². The van der Waals surface area contributed by atoms with Crippen LogP contribution in [-0.2, 0) is 6.54 Å². The van der Waals surface area contributed by atoms with Crippen LogP contribution in [0.25, 0.3) is 11.3 Å². The first-order valence-electron chi connectivity index (χ1n) is 9.91. The predicted octanol–water partition coefficient (Wildman–Crippen LogP) is 5.69. The number of nitrogens with zero attached hydrogens (tertiary/aromatic N) is 3. The molecule has 2 heterocycles. The average Bonchev–Trinajstić information content (AvgIpc) is 2.76. The van der Waals surface area contributed by atoms with Gasteiger partial charge in [-0.25, -0.2) is 19.3 Å². The summed E-state index contributed by atoms with van der Waals surface area (Å²) in [6, 6.07) is 10.6. The number of hydrogen-bond donors (Lipinski definition) is 2. The topological polar surface area (TPSA) is 62.7 Å². The third-order valence-electron chi connectivity index (χ3n) is 5.10. The smallest absolute Gasteiger partial charge is 0.223 e. The van der Waals surface area contributed by atoms with Gasteiger partial charge in [-0.1, -0.05) is 43.0 Å². The molecule has 0 atom stereocenters. The van der Waals surface area contributed by atoms with Crippen molar-refractivity contribution in [2.24, 2.45) is 0 Å². The third kappa shape index (κ3) is 5.21. The minimum atomic E-state index is -0.245. The molecular weight excluding hydrogens is 389 g/mol. The second kappa shape index (κ2) is 9.18. The number of nitrogens with one attached hydrogen (secondary N) is 2. The van der Waals surface area contributed by atoms with Crippen molar-refractivity contribution >= 4 is 23.4 Å². The molecule has 0 spiro atoms. The minimum Gasteiger partial charge on any atom is -0.366 e. The van der Waals surface area contributed by atoms with Gasteiger partial charge in [-0.2, -0.15) is 0 Å². The molecule has 1 fully saturated rings. The first kappa shape index (κ1) is 19.6. The lowest BCUT2D eigenvalue weighted by Crippen LogP contribution is -2.23. The Hall–Kier alpha value is -2.73. The summed E-state index contributed by atoms with van der Waals surface area (Å²) in [5.74, 6) is 1.06. The van der Waals surface area contributed by atoms with Crippen LogP contribution in [0.4, 0.5) is 16.2 Å². The zero-order valence-electron chi connectivity index (χ0n) is 16.0. The molecule has 4 rings (SSSR count). The summed E-state index contributed by atoms with van der Waals surface area (Å²) >= 11 is 6.38. The maximum absolute atomic E-state index is 13.0. The molecule has 2 aromatic heterocycles. The zero-order chi connectivity index (χ0) is 20.1. The van der Waals surface area contributed by atoms with Gasteiger partial charge in [0.25, 0.3) is 0 Å². The van der Waals surface area contributed by atoms with E-state index in [0.717, 1.165) is 24.0 Å². The van der Waals surface area contributed by atoms with Crippen LogP contribution >= 0.6 is 11.6 Å². The van der Waals surface area contributed by atoms with E-state index in [2.05, 4.69) is 25.6 Å². The summed E-state index contributed by atoms with van der Waals surface area (Å²) in [4.78, 5) is 13.4. The molecule has 7 heteroatoms. The van der Waals surface area contributed by atoms with E-state index in [1.165, 1.54) is 31.4 Å².